The van der Waals surface area contributed by atoms with Crippen LogP contribution in [0.1, 0.15) is 25.8 Å². The highest BCUT2D eigenvalue weighted by Gasteiger charge is 2.20. The lowest BCUT2D eigenvalue weighted by atomic mass is 10.3. The van der Waals surface area contributed by atoms with Gasteiger partial charge in [-0.15, -0.1) is 22.0 Å². The van der Waals surface area contributed by atoms with Gasteiger partial charge in [-0.3, -0.25) is 4.79 Å². The van der Waals surface area contributed by atoms with Crippen LogP contribution >= 0.6 is 23.5 Å². The van der Waals surface area contributed by atoms with Gasteiger partial charge in [0.15, 0.2) is 28.6 Å². The van der Waals surface area contributed by atoms with Crippen LogP contribution in [0.15, 0.2) is 58.6 Å². The van der Waals surface area contributed by atoms with Gasteiger partial charge in [-0.1, -0.05) is 30.0 Å². The van der Waals surface area contributed by atoms with E-state index in [1.54, 1.807) is 18.9 Å². The second kappa shape index (κ2) is 11.1. The second-order valence-corrected chi connectivity index (χ2v) is 8.39. The first kappa shape index (κ1) is 23.0. The molecule has 0 saturated heterocycles. The Morgan fingerprint density at radius 3 is 2.65 bits per heavy atom. The fourth-order valence-corrected chi connectivity index (χ4v) is 4.26. The Morgan fingerprint density at radius 2 is 1.94 bits per heavy atom. The number of thioether (sulfide) groups is 2. The van der Waals surface area contributed by atoms with Crippen molar-refractivity contribution >= 4 is 35.1 Å². The third-order valence-electron chi connectivity index (χ3n) is 4.48. The molecule has 0 saturated carbocycles. The molecule has 164 valence electrons. The topological polar surface area (TPSA) is 78.3 Å². The van der Waals surface area contributed by atoms with E-state index in [-0.39, 0.29) is 17.8 Å². The number of carbonyl (C=O) groups excluding carboxylic acids is 1. The van der Waals surface area contributed by atoms with E-state index in [9.17, 15) is 4.79 Å². The number of benzene rings is 2. The Balaban J connectivity index is 1.64. The van der Waals surface area contributed by atoms with Gasteiger partial charge in [0.2, 0.25) is 5.91 Å². The van der Waals surface area contributed by atoms with Crippen LogP contribution in [-0.4, -0.2) is 39.8 Å². The molecule has 7 nitrogen and oxygen atoms in total. The van der Waals surface area contributed by atoms with E-state index in [0.717, 1.165) is 10.6 Å². The first-order chi connectivity index (χ1) is 15.0. The molecule has 1 aromatic heterocycles. The molecule has 1 amide bonds. The summed E-state index contributed by atoms with van der Waals surface area (Å²) in [6.45, 7) is 4.60. The minimum Gasteiger partial charge on any atom is -0.493 e. The highest BCUT2D eigenvalue weighted by Crippen LogP contribution is 2.31. The summed E-state index contributed by atoms with van der Waals surface area (Å²) >= 11 is 2.99. The number of nitrogens with zero attached hydrogens (tertiary/aromatic N) is 3. The van der Waals surface area contributed by atoms with Crippen LogP contribution in [-0.2, 0) is 11.3 Å². The number of aromatic nitrogens is 3. The highest BCUT2D eigenvalue weighted by molar-refractivity contribution is 7.99. The number of hydrogen-bond donors (Lipinski definition) is 1. The molecule has 0 bridgehead atoms. The maximum atomic E-state index is 12.4. The molecule has 1 unspecified atom stereocenters. The predicted molar refractivity (Wildman–Crippen MR) is 125 cm³/mol. The van der Waals surface area contributed by atoms with Gasteiger partial charge in [-0.25, -0.2) is 0 Å². The van der Waals surface area contributed by atoms with E-state index >= 15 is 0 Å². The molecule has 0 aliphatic rings. The van der Waals surface area contributed by atoms with Crippen molar-refractivity contribution in [1.82, 2.24) is 14.8 Å². The van der Waals surface area contributed by atoms with Gasteiger partial charge in [-0.05, 0) is 50.4 Å². The highest BCUT2D eigenvalue weighted by atomic mass is 32.2. The molecule has 31 heavy (non-hydrogen) atoms. The van der Waals surface area contributed by atoms with E-state index in [1.165, 1.54) is 11.8 Å². The molecule has 2 aromatic carbocycles. The lowest BCUT2D eigenvalue weighted by Gasteiger charge is -2.17. The summed E-state index contributed by atoms with van der Waals surface area (Å²) in [6, 6.07) is 15.3. The Labute approximate surface area is 190 Å². The van der Waals surface area contributed by atoms with Crippen LogP contribution in [0.25, 0.3) is 0 Å². The van der Waals surface area contributed by atoms with Crippen molar-refractivity contribution in [2.24, 2.45) is 0 Å². The standard InChI is InChI=1S/C22H26N4O3S2/c1-5-26-21(15(2)29-19-12-7-6-11-18(19)28-3)24-25-22(26)31-14-20(27)23-16-9-8-10-17(13-16)30-4/h6-13,15H,5,14H2,1-4H3,(H,23,27). The van der Waals surface area contributed by atoms with E-state index in [1.807, 2.05) is 73.2 Å². The number of amides is 1. The normalized spacial score (nSPS) is 11.7. The number of para-hydroxylation sites is 2. The van der Waals surface area contributed by atoms with E-state index in [4.69, 9.17) is 9.47 Å². The van der Waals surface area contributed by atoms with Gasteiger partial charge in [0.1, 0.15) is 0 Å². The SMILES string of the molecule is CCn1c(SCC(=O)Nc2cccc(SC)c2)nnc1C(C)Oc1ccccc1OC. The largest absolute Gasteiger partial charge is 0.493 e. The number of rotatable bonds is 10. The Hall–Kier alpha value is -2.65. The molecule has 3 rings (SSSR count). The zero-order valence-corrected chi connectivity index (χ0v) is 19.6. The summed E-state index contributed by atoms with van der Waals surface area (Å²) in [5.74, 6) is 2.15. The maximum Gasteiger partial charge on any atom is 0.234 e. The van der Waals surface area contributed by atoms with Gasteiger partial charge in [0.05, 0.1) is 12.9 Å². The van der Waals surface area contributed by atoms with Crippen molar-refractivity contribution in [1.29, 1.82) is 0 Å². The van der Waals surface area contributed by atoms with E-state index < -0.39 is 0 Å². The van der Waals surface area contributed by atoms with E-state index in [2.05, 4.69) is 15.5 Å². The molecule has 9 heteroatoms. The lowest BCUT2D eigenvalue weighted by Crippen LogP contribution is -2.15. The number of methoxy groups -OCH3 is 1. The van der Waals surface area contributed by atoms with Crippen molar-refractivity contribution in [2.75, 3.05) is 24.4 Å². The number of ether oxygens (including phenoxy) is 2. The van der Waals surface area contributed by atoms with Crippen LogP contribution in [0.3, 0.4) is 0 Å². The molecule has 1 N–H and O–H groups in total. The van der Waals surface area contributed by atoms with Crippen molar-refractivity contribution in [3.8, 4) is 11.5 Å². The third kappa shape index (κ3) is 5.95. The molecule has 1 heterocycles. The summed E-state index contributed by atoms with van der Waals surface area (Å²) < 4.78 is 13.4. The van der Waals surface area contributed by atoms with Crippen molar-refractivity contribution in [2.45, 2.75) is 36.5 Å². The minimum atomic E-state index is -0.332. The second-order valence-electron chi connectivity index (χ2n) is 6.56. The molecule has 0 aliphatic heterocycles. The summed E-state index contributed by atoms with van der Waals surface area (Å²) in [5.41, 5.74) is 0.786. The summed E-state index contributed by atoms with van der Waals surface area (Å²) in [7, 11) is 1.61. The zero-order chi connectivity index (χ0) is 22.2. The van der Waals surface area contributed by atoms with Gasteiger partial charge in [0.25, 0.3) is 0 Å². The number of hydrogen-bond acceptors (Lipinski definition) is 7. The Morgan fingerprint density at radius 1 is 1.16 bits per heavy atom. The molecule has 0 spiro atoms. The van der Waals surface area contributed by atoms with Crippen LogP contribution in [0, 0.1) is 0 Å². The van der Waals surface area contributed by atoms with Crippen LogP contribution in [0.4, 0.5) is 5.69 Å². The van der Waals surface area contributed by atoms with Crippen molar-refractivity contribution in [3.05, 3.63) is 54.4 Å². The summed E-state index contributed by atoms with van der Waals surface area (Å²) in [6.07, 6.45) is 1.67. The van der Waals surface area contributed by atoms with Gasteiger partial charge in [0, 0.05) is 17.1 Å². The number of nitrogens with one attached hydrogen (secondary N) is 1. The molecular formula is C22H26N4O3S2. The average Bonchev–Trinajstić information content (AvgIpc) is 3.21. The first-order valence-electron chi connectivity index (χ1n) is 9.85. The predicted octanol–water partition coefficient (Wildman–Crippen LogP) is 4.90. The van der Waals surface area contributed by atoms with Gasteiger partial charge in [-0.2, -0.15) is 0 Å². The fraction of sp³-hybridized carbons (Fsp3) is 0.318. The quantitative estimate of drug-likeness (QED) is 0.433. The molecule has 3 aromatic rings. The van der Waals surface area contributed by atoms with Crippen LogP contribution < -0.4 is 14.8 Å². The average molecular weight is 459 g/mol. The molecular weight excluding hydrogens is 432 g/mol. The first-order valence-corrected chi connectivity index (χ1v) is 12.1. The van der Waals surface area contributed by atoms with E-state index in [0.29, 0.717) is 29.0 Å². The molecule has 1 atom stereocenters. The molecule has 0 fully saturated rings. The fourth-order valence-electron chi connectivity index (χ4n) is 2.99. The third-order valence-corrected chi connectivity index (χ3v) is 6.18. The smallest absolute Gasteiger partial charge is 0.234 e. The maximum absolute atomic E-state index is 12.4. The zero-order valence-electron chi connectivity index (χ0n) is 18.0. The Bertz CT molecular complexity index is 1030. The minimum absolute atomic E-state index is 0.0891. The summed E-state index contributed by atoms with van der Waals surface area (Å²) in [4.78, 5) is 13.5. The van der Waals surface area contributed by atoms with Gasteiger partial charge >= 0.3 is 0 Å². The molecule has 0 aliphatic carbocycles. The molecule has 0 radical (unpaired) electrons. The number of carbonyl (C=O) groups is 1. The van der Waals surface area contributed by atoms with Crippen LogP contribution in [0.5, 0.6) is 11.5 Å². The summed E-state index contributed by atoms with van der Waals surface area (Å²) in [5, 5.41) is 12.2. The van der Waals surface area contributed by atoms with Crippen molar-refractivity contribution in [3.63, 3.8) is 0 Å². The van der Waals surface area contributed by atoms with Crippen molar-refractivity contribution < 1.29 is 14.3 Å². The van der Waals surface area contributed by atoms with Gasteiger partial charge < -0.3 is 19.4 Å². The monoisotopic (exact) mass is 458 g/mol. The Kier molecular flexibility index (Phi) is 8.25. The number of anilines is 1. The van der Waals surface area contributed by atoms with Crippen LogP contribution in [0.2, 0.25) is 0 Å². The lowest BCUT2D eigenvalue weighted by molar-refractivity contribution is -0.113.